The molecule has 0 aliphatic rings. The molecule has 1 aromatic heterocycles. The van der Waals surface area contributed by atoms with Crippen LogP contribution in [-0.4, -0.2) is 31.3 Å². The summed E-state index contributed by atoms with van der Waals surface area (Å²) in [4.78, 5) is 14.6. The molecule has 1 heterocycles. The van der Waals surface area contributed by atoms with Crippen molar-refractivity contribution >= 4 is 29.5 Å². The zero-order valence-corrected chi connectivity index (χ0v) is 10.4. The first-order valence-corrected chi connectivity index (χ1v) is 5.21. The van der Waals surface area contributed by atoms with Crippen molar-refractivity contribution in [3.05, 3.63) is 21.9 Å². The summed E-state index contributed by atoms with van der Waals surface area (Å²) in [5.41, 5.74) is 1.11. The summed E-state index contributed by atoms with van der Waals surface area (Å²) in [6.45, 7) is 2.82. The van der Waals surface area contributed by atoms with Gasteiger partial charge in [-0.3, -0.25) is 4.79 Å². The zero-order chi connectivity index (χ0) is 9.84. The summed E-state index contributed by atoms with van der Waals surface area (Å²) in [7, 11) is 3.96. The summed E-state index contributed by atoms with van der Waals surface area (Å²) < 4.78 is 0. The van der Waals surface area contributed by atoms with Crippen LogP contribution in [0, 0.1) is 6.92 Å². The Balaban J connectivity index is 0.00000169. The molecule has 0 radical (unpaired) electrons. The largest absolute Gasteiger partial charge is 0.309 e. The first-order chi connectivity index (χ1) is 6.11. The lowest BCUT2D eigenvalue weighted by atomic mass is 10.2. The van der Waals surface area contributed by atoms with E-state index in [4.69, 9.17) is 0 Å². The summed E-state index contributed by atoms with van der Waals surface area (Å²) in [5, 5.41) is 1.97. The minimum absolute atomic E-state index is 0. The average Bonchev–Trinajstić information content (AvgIpc) is 2.47. The minimum Gasteiger partial charge on any atom is -0.309 e. The SMILES string of the molecule is Cc1ccsc1C(=O)CCN(C)C.Cl. The van der Waals surface area contributed by atoms with Crippen LogP contribution < -0.4 is 0 Å². The summed E-state index contributed by atoms with van der Waals surface area (Å²) in [6.07, 6.45) is 0.619. The van der Waals surface area contributed by atoms with Crippen molar-refractivity contribution in [2.45, 2.75) is 13.3 Å². The Kier molecular flexibility index (Phi) is 6.00. The van der Waals surface area contributed by atoms with Gasteiger partial charge in [-0.25, -0.2) is 0 Å². The molecule has 0 saturated carbocycles. The molecule has 0 saturated heterocycles. The van der Waals surface area contributed by atoms with Gasteiger partial charge in [-0.2, -0.15) is 0 Å². The average molecular weight is 234 g/mol. The first kappa shape index (κ1) is 13.6. The molecule has 0 amide bonds. The molecule has 2 nitrogen and oxygen atoms in total. The smallest absolute Gasteiger partial charge is 0.174 e. The molecule has 0 bridgehead atoms. The molecule has 0 atom stereocenters. The van der Waals surface area contributed by atoms with Gasteiger partial charge in [0.15, 0.2) is 5.78 Å². The Morgan fingerprint density at radius 1 is 1.50 bits per heavy atom. The Morgan fingerprint density at radius 3 is 2.57 bits per heavy atom. The summed E-state index contributed by atoms with van der Waals surface area (Å²) in [5.74, 6) is 0.265. The van der Waals surface area contributed by atoms with E-state index in [0.717, 1.165) is 17.0 Å². The number of Topliss-reactive ketones (excluding diaryl/α,β-unsaturated/α-hetero) is 1. The quantitative estimate of drug-likeness (QED) is 0.746. The van der Waals surface area contributed by atoms with Gasteiger partial charge in [0.1, 0.15) is 0 Å². The summed E-state index contributed by atoms with van der Waals surface area (Å²) in [6, 6.07) is 1.99. The van der Waals surface area contributed by atoms with Crippen LogP contribution >= 0.6 is 23.7 Å². The van der Waals surface area contributed by atoms with E-state index < -0.39 is 0 Å². The second-order valence-electron chi connectivity index (χ2n) is 3.41. The van der Waals surface area contributed by atoms with Crippen molar-refractivity contribution in [3.63, 3.8) is 0 Å². The van der Waals surface area contributed by atoms with E-state index in [1.807, 2.05) is 37.4 Å². The third-order valence-corrected chi connectivity index (χ3v) is 2.96. The van der Waals surface area contributed by atoms with Gasteiger partial charge >= 0.3 is 0 Å². The maximum atomic E-state index is 11.6. The highest BCUT2D eigenvalue weighted by Crippen LogP contribution is 2.17. The number of ketones is 1. The van der Waals surface area contributed by atoms with Crippen LogP contribution in [-0.2, 0) is 0 Å². The zero-order valence-electron chi connectivity index (χ0n) is 8.74. The standard InChI is InChI=1S/C10H15NOS.ClH/c1-8-5-7-13-10(8)9(12)4-6-11(2)3;/h5,7H,4,6H2,1-3H3;1H. The van der Waals surface area contributed by atoms with Gasteiger partial charge in [0.2, 0.25) is 0 Å². The van der Waals surface area contributed by atoms with Gasteiger partial charge in [-0.15, -0.1) is 23.7 Å². The number of rotatable bonds is 4. The molecular weight excluding hydrogens is 218 g/mol. The van der Waals surface area contributed by atoms with Crippen molar-refractivity contribution in [1.82, 2.24) is 4.90 Å². The second-order valence-corrected chi connectivity index (χ2v) is 4.33. The Hall–Kier alpha value is -0.380. The molecule has 0 fully saturated rings. The fourth-order valence-corrected chi connectivity index (χ4v) is 1.99. The van der Waals surface area contributed by atoms with Crippen molar-refractivity contribution in [3.8, 4) is 0 Å². The van der Waals surface area contributed by atoms with Gasteiger partial charge in [0, 0.05) is 13.0 Å². The Morgan fingerprint density at radius 2 is 2.14 bits per heavy atom. The van der Waals surface area contributed by atoms with Gasteiger partial charge < -0.3 is 4.90 Å². The van der Waals surface area contributed by atoms with E-state index >= 15 is 0 Å². The number of thiophene rings is 1. The highest BCUT2D eigenvalue weighted by molar-refractivity contribution is 7.12. The third kappa shape index (κ3) is 3.78. The fourth-order valence-electron chi connectivity index (χ4n) is 1.10. The van der Waals surface area contributed by atoms with Crippen LogP contribution in [0.5, 0.6) is 0 Å². The van der Waals surface area contributed by atoms with Crippen LogP contribution in [0.25, 0.3) is 0 Å². The highest BCUT2D eigenvalue weighted by Gasteiger charge is 2.09. The third-order valence-electron chi connectivity index (χ3n) is 1.90. The van der Waals surface area contributed by atoms with E-state index in [1.165, 1.54) is 0 Å². The van der Waals surface area contributed by atoms with Crippen LogP contribution in [0.1, 0.15) is 21.7 Å². The van der Waals surface area contributed by atoms with Crippen molar-refractivity contribution in [2.24, 2.45) is 0 Å². The molecule has 4 heteroatoms. The Labute approximate surface area is 95.3 Å². The number of hydrogen-bond acceptors (Lipinski definition) is 3. The lowest BCUT2D eigenvalue weighted by Gasteiger charge is -2.07. The molecule has 80 valence electrons. The Bertz CT molecular complexity index is 296. The number of carbonyl (C=O) groups is 1. The number of hydrogen-bond donors (Lipinski definition) is 0. The first-order valence-electron chi connectivity index (χ1n) is 4.33. The van der Waals surface area contributed by atoms with Gasteiger partial charge in [0.05, 0.1) is 4.88 Å². The molecule has 0 spiro atoms. The van der Waals surface area contributed by atoms with Gasteiger partial charge in [0.25, 0.3) is 0 Å². The minimum atomic E-state index is 0. The van der Waals surface area contributed by atoms with E-state index in [-0.39, 0.29) is 18.2 Å². The van der Waals surface area contributed by atoms with Crippen LogP contribution in [0.15, 0.2) is 11.4 Å². The van der Waals surface area contributed by atoms with E-state index in [1.54, 1.807) is 11.3 Å². The monoisotopic (exact) mass is 233 g/mol. The van der Waals surface area contributed by atoms with E-state index in [0.29, 0.717) is 6.42 Å². The van der Waals surface area contributed by atoms with Crippen molar-refractivity contribution in [1.29, 1.82) is 0 Å². The van der Waals surface area contributed by atoms with Crippen LogP contribution in [0.2, 0.25) is 0 Å². The number of halogens is 1. The fraction of sp³-hybridized carbons (Fsp3) is 0.500. The maximum absolute atomic E-state index is 11.6. The van der Waals surface area contributed by atoms with Crippen molar-refractivity contribution in [2.75, 3.05) is 20.6 Å². The van der Waals surface area contributed by atoms with Crippen LogP contribution in [0.4, 0.5) is 0 Å². The van der Waals surface area contributed by atoms with Gasteiger partial charge in [-0.05, 0) is 38.0 Å². The van der Waals surface area contributed by atoms with Crippen LogP contribution in [0.3, 0.4) is 0 Å². The number of aryl methyl sites for hydroxylation is 1. The maximum Gasteiger partial charge on any atom is 0.174 e. The highest BCUT2D eigenvalue weighted by atomic mass is 35.5. The van der Waals surface area contributed by atoms with E-state index in [9.17, 15) is 4.79 Å². The lowest BCUT2D eigenvalue weighted by Crippen LogP contribution is -2.16. The number of carbonyl (C=O) groups excluding carboxylic acids is 1. The molecular formula is C10H16ClNOS. The molecule has 1 rings (SSSR count). The number of nitrogens with zero attached hydrogens (tertiary/aromatic N) is 1. The molecule has 0 unspecified atom stereocenters. The molecule has 0 aliphatic heterocycles. The molecule has 0 aliphatic carbocycles. The predicted octanol–water partition coefficient (Wildman–Crippen LogP) is 2.61. The van der Waals surface area contributed by atoms with Crippen molar-refractivity contribution < 1.29 is 4.79 Å². The molecule has 0 aromatic carbocycles. The van der Waals surface area contributed by atoms with E-state index in [2.05, 4.69) is 0 Å². The second kappa shape index (κ2) is 6.17. The predicted molar refractivity (Wildman–Crippen MR) is 63.8 cm³/mol. The topological polar surface area (TPSA) is 20.3 Å². The lowest BCUT2D eigenvalue weighted by molar-refractivity contribution is 0.0976. The summed E-state index contributed by atoms with van der Waals surface area (Å²) >= 11 is 1.54. The normalized spacial score (nSPS) is 10.0. The van der Waals surface area contributed by atoms with Gasteiger partial charge in [-0.1, -0.05) is 0 Å². The molecule has 14 heavy (non-hydrogen) atoms. The molecule has 1 aromatic rings. The molecule has 0 N–H and O–H groups in total.